The van der Waals surface area contributed by atoms with Crippen LogP contribution in [0.1, 0.15) is 67.2 Å². The zero-order chi connectivity index (χ0) is 25.9. The van der Waals surface area contributed by atoms with Gasteiger partial charge >= 0.3 is 30.2 Å². The van der Waals surface area contributed by atoms with Gasteiger partial charge in [0.25, 0.3) is 0 Å². The molecule has 0 aliphatic heterocycles. The van der Waals surface area contributed by atoms with Crippen molar-refractivity contribution in [3.63, 3.8) is 0 Å². The van der Waals surface area contributed by atoms with Gasteiger partial charge in [0.05, 0.1) is 0 Å². The molecule has 182 valence electrons. The maximum absolute atomic E-state index is 3.60. The Balaban J connectivity index is 0.000000490. The van der Waals surface area contributed by atoms with Crippen molar-refractivity contribution >= 4 is 17.7 Å². The maximum Gasteiger partial charge on any atom is -0.0623 e. The number of benzene rings is 2. The number of hydrogen-bond acceptors (Lipinski definition) is 0. The summed E-state index contributed by atoms with van der Waals surface area (Å²) in [6, 6.07) is 23.4. The predicted molar refractivity (Wildman–Crippen MR) is 151 cm³/mol. The van der Waals surface area contributed by atoms with Gasteiger partial charge < -0.3 is 13.8 Å². The summed E-state index contributed by atoms with van der Waals surface area (Å²) in [6.07, 6.45) is 7.91. The first-order chi connectivity index (χ1) is 16.4. The van der Waals surface area contributed by atoms with Gasteiger partial charge in [-0.15, -0.1) is 53.6 Å². The van der Waals surface area contributed by atoms with Crippen LogP contribution in [0, 0.1) is 25.8 Å². The number of allylic oxidation sites excluding steroid dienone is 4. The molecule has 1 aliphatic carbocycles. The SMILES string of the molecule is CC1=[C-]C(C)C(C)=C1C.[CH2-]CCC.[CH2-]CCC.[Si]=[Zr].c1ccc(-c2c[cH-]c3ccccc23)cc1. The Morgan fingerprint density at radius 2 is 1.38 bits per heavy atom. The minimum atomic E-state index is 0.560. The quantitative estimate of drug-likeness (QED) is 0.227. The van der Waals surface area contributed by atoms with Crippen LogP contribution in [-0.4, -0.2) is 6.88 Å². The van der Waals surface area contributed by atoms with Gasteiger partial charge in [-0.1, -0.05) is 95.3 Å². The van der Waals surface area contributed by atoms with Crippen molar-refractivity contribution in [1.29, 1.82) is 0 Å². The van der Waals surface area contributed by atoms with Crippen molar-refractivity contribution in [1.82, 2.24) is 0 Å². The van der Waals surface area contributed by atoms with Crippen LogP contribution in [0.3, 0.4) is 0 Å². The van der Waals surface area contributed by atoms with E-state index in [1.54, 1.807) is 0 Å². The largest absolute Gasteiger partial charge is 0.150 e. The van der Waals surface area contributed by atoms with Crippen LogP contribution in [-0.2, 0) is 23.3 Å². The molecule has 4 rings (SSSR count). The second-order valence-corrected chi connectivity index (χ2v) is 8.21. The summed E-state index contributed by atoms with van der Waals surface area (Å²) in [5.74, 6) is 0.560. The monoisotopic (exact) mass is 544 g/mol. The van der Waals surface area contributed by atoms with E-state index in [0.717, 1.165) is 12.8 Å². The van der Waals surface area contributed by atoms with Crippen LogP contribution < -0.4 is 0 Å². The number of hydrogen-bond donors (Lipinski definition) is 0. The van der Waals surface area contributed by atoms with E-state index in [2.05, 4.69) is 135 Å². The molecule has 3 aromatic carbocycles. The van der Waals surface area contributed by atoms with Crippen molar-refractivity contribution in [2.24, 2.45) is 5.92 Å². The molecular weight excluding hydrogens is 504 g/mol. The van der Waals surface area contributed by atoms with E-state index in [4.69, 9.17) is 0 Å². The summed E-state index contributed by atoms with van der Waals surface area (Å²) in [4.78, 5) is 0. The van der Waals surface area contributed by atoms with Gasteiger partial charge in [0.15, 0.2) is 0 Å². The molecule has 2 radical (unpaired) electrons. The molecule has 0 fully saturated rings. The summed E-state index contributed by atoms with van der Waals surface area (Å²) < 4.78 is 0. The smallest absolute Gasteiger partial charge is 0.0623 e. The van der Waals surface area contributed by atoms with Gasteiger partial charge in [-0.05, 0) is 0 Å². The van der Waals surface area contributed by atoms with Crippen LogP contribution in [0.2, 0.25) is 0 Å². The molecule has 0 heterocycles. The predicted octanol–water partition coefficient (Wildman–Crippen LogP) is 9.81. The van der Waals surface area contributed by atoms with Crippen molar-refractivity contribution in [3.8, 4) is 11.1 Å². The van der Waals surface area contributed by atoms with Gasteiger partial charge in [0, 0.05) is 0 Å². The minimum absolute atomic E-state index is 0.560. The standard InChI is InChI=1S/C15H11.C9H13.2C4H9.Si.Zr/c1-2-6-12(7-3-1)15-11-10-13-8-4-5-9-14(13)15;1-6-5-7(2)9(4)8(6)3;2*1-3-4-2;;/h1-11H;6H,1-4H3;2*1,3-4H2,2H3;;/q4*-1;;. The Morgan fingerprint density at radius 1 is 0.882 bits per heavy atom. The summed E-state index contributed by atoms with van der Waals surface area (Å²) in [5.41, 5.74) is 6.86. The molecule has 0 saturated carbocycles. The van der Waals surface area contributed by atoms with Crippen molar-refractivity contribution in [3.05, 3.63) is 103 Å². The zero-order valence-electron chi connectivity index (χ0n) is 22.2. The third kappa shape index (κ3) is 11.4. The molecular formula is C32H42SiZr-4. The van der Waals surface area contributed by atoms with Gasteiger partial charge in [0.1, 0.15) is 0 Å². The third-order valence-corrected chi connectivity index (χ3v) is 5.71. The Morgan fingerprint density at radius 3 is 1.79 bits per heavy atom. The van der Waals surface area contributed by atoms with Gasteiger partial charge in [-0.25, -0.2) is 5.57 Å². The minimum Gasteiger partial charge on any atom is -0.150 e. The third-order valence-electron chi connectivity index (χ3n) is 5.71. The molecule has 0 saturated heterocycles. The second-order valence-electron chi connectivity index (χ2n) is 8.21. The molecule has 0 aromatic heterocycles. The van der Waals surface area contributed by atoms with Gasteiger partial charge in [-0.3, -0.25) is 6.08 Å². The first-order valence-electron chi connectivity index (χ1n) is 12.2. The van der Waals surface area contributed by atoms with E-state index in [1.807, 2.05) is 0 Å². The van der Waals surface area contributed by atoms with Crippen molar-refractivity contribution in [2.45, 2.75) is 67.2 Å². The topological polar surface area (TPSA) is 0 Å². The molecule has 34 heavy (non-hydrogen) atoms. The van der Waals surface area contributed by atoms with E-state index in [9.17, 15) is 0 Å². The first kappa shape index (κ1) is 32.6. The van der Waals surface area contributed by atoms with Crippen molar-refractivity contribution in [2.75, 3.05) is 0 Å². The van der Waals surface area contributed by atoms with E-state index in [0.29, 0.717) is 5.92 Å². The Kier molecular flexibility index (Phi) is 19.1. The number of fused-ring (bicyclic) bond motifs is 1. The maximum atomic E-state index is 3.60. The average molecular weight is 546 g/mol. The van der Waals surface area contributed by atoms with E-state index in [-0.39, 0.29) is 0 Å². The molecule has 1 atom stereocenters. The summed E-state index contributed by atoms with van der Waals surface area (Å²) in [7, 11) is 0. The fourth-order valence-electron chi connectivity index (χ4n) is 3.18. The molecule has 0 spiro atoms. The zero-order valence-corrected chi connectivity index (χ0v) is 25.6. The molecule has 3 aromatic rings. The van der Waals surface area contributed by atoms with E-state index in [1.165, 1.54) is 74.8 Å². The van der Waals surface area contributed by atoms with E-state index >= 15 is 0 Å². The summed E-state index contributed by atoms with van der Waals surface area (Å²) >= 11 is 1.36. The van der Waals surface area contributed by atoms with Crippen LogP contribution in [0.25, 0.3) is 21.9 Å². The number of rotatable bonds is 3. The van der Waals surface area contributed by atoms with E-state index < -0.39 is 0 Å². The second kappa shape index (κ2) is 19.9. The summed E-state index contributed by atoms with van der Waals surface area (Å²) in [6.45, 7) is 23.2. The summed E-state index contributed by atoms with van der Waals surface area (Å²) in [5, 5.41) is 2.65. The molecule has 0 N–H and O–H groups in total. The number of unbranched alkanes of at least 4 members (excludes halogenated alkanes) is 2. The Bertz CT molecular complexity index is 970. The van der Waals surface area contributed by atoms with Crippen LogP contribution in [0.4, 0.5) is 0 Å². The first-order valence-corrected chi connectivity index (χ1v) is 16.4. The average Bonchev–Trinajstić information content (AvgIpc) is 3.43. The van der Waals surface area contributed by atoms with Gasteiger partial charge in [0.2, 0.25) is 0 Å². The van der Waals surface area contributed by atoms with Crippen LogP contribution in [0.15, 0.2) is 83.4 Å². The Hall–Kier alpha value is -1.37. The fraction of sp³-hybridized carbons (Fsp3) is 0.344. The van der Waals surface area contributed by atoms with Crippen LogP contribution >= 0.6 is 0 Å². The molecule has 1 aliphatic rings. The molecule has 1 unspecified atom stereocenters. The molecule has 2 heteroatoms. The van der Waals surface area contributed by atoms with Gasteiger partial charge in [-0.2, -0.15) is 24.0 Å². The molecule has 0 amide bonds. The normalized spacial score (nSPS) is 13.7. The van der Waals surface area contributed by atoms with Crippen LogP contribution in [0.5, 0.6) is 0 Å². The molecule has 0 nitrogen and oxygen atoms in total. The Labute approximate surface area is 227 Å². The van der Waals surface area contributed by atoms with Crippen molar-refractivity contribution < 1.29 is 23.3 Å². The fourth-order valence-corrected chi connectivity index (χ4v) is 3.18. The molecule has 0 bridgehead atoms.